The van der Waals surface area contributed by atoms with Crippen molar-refractivity contribution in [1.29, 1.82) is 0 Å². The Hall–Kier alpha value is -4.96. The zero-order chi connectivity index (χ0) is 23.9. The van der Waals surface area contributed by atoms with Crippen LogP contribution in [0.15, 0.2) is 131 Å². The van der Waals surface area contributed by atoms with Crippen molar-refractivity contribution in [3.8, 4) is 22.5 Å². The maximum Gasteiger partial charge on any atom is 0.230 e. The molecule has 0 aliphatic rings. The Bertz CT molecular complexity index is 1900. The van der Waals surface area contributed by atoms with Gasteiger partial charge in [-0.2, -0.15) is 0 Å². The molecule has 170 valence electrons. The minimum atomic E-state index is 0.518. The van der Waals surface area contributed by atoms with Gasteiger partial charge in [0.2, 0.25) is 5.55 Å². The number of aromatic amines is 1. The van der Waals surface area contributed by atoms with Crippen LogP contribution in [0.4, 0.5) is 5.69 Å². The van der Waals surface area contributed by atoms with Crippen molar-refractivity contribution < 1.29 is 4.42 Å². The first-order valence-corrected chi connectivity index (χ1v) is 11.9. The standard InChI is InChI=1S/C32H21N3O/c1-2-8-21(9-3-1)22-14-17-24(18-15-22)33-32-27(31-34-28-12-6-7-13-29(28)35-31)20-26-25-11-5-4-10-23(25)16-19-30(26)36-32/h1-20H,(H,34,35). The fourth-order valence-electron chi connectivity index (χ4n) is 4.69. The molecule has 0 spiro atoms. The van der Waals surface area contributed by atoms with Gasteiger partial charge in [-0.15, -0.1) is 0 Å². The third-order valence-electron chi connectivity index (χ3n) is 6.51. The molecule has 2 heterocycles. The Morgan fingerprint density at radius 3 is 2.25 bits per heavy atom. The molecule has 0 radical (unpaired) electrons. The number of para-hydroxylation sites is 2. The van der Waals surface area contributed by atoms with Crippen LogP contribution in [-0.2, 0) is 0 Å². The van der Waals surface area contributed by atoms with Gasteiger partial charge in [-0.25, -0.2) is 9.98 Å². The first-order chi connectivity index (χ1) is 17.8. The third-order valence-corrected chi connectivity index (χ3v) is 6.51. The van der Waals surface area contributed by atoms with E-state index in [1.165, 1.54) is 5.56 Å². The van der Waals surface area contributed by atoms with Gasteiger partial charge < -0.3 is 9.40 Å². The van der Waals surface area contributed by atoms with E-state index in [-0.39, 0.29) is 0 Å². The average molecular weight is 464 g/mol. The number of imidazole rings is 1. The first-order valence-electron chi connectivity index (χ1n) is 11.9. The zero-order valence-electron chi connectivity index (χ0n) is 19.3. The molecule has 4 heteroatoms. The molecule has 0 atom stereocenters. The molecule has 0 amide bonds. The minimum Gasteiger partial charge on any atom is -0.438 e. The fourth-order valence-corrected chi connectivity index (χ4v) is 4.69. The number of hydrogen-bond donors (Lipinski definition) is 1. The van der Waals surface area contributed by atoms with E-state index in [9.17, 15) is 0 Å². The van der Waals surface area contributed by atoms with E-state index < -0.39 is 0 Å². The number of nitrogens with one attached hydrogen (secondary N) is 1. The van der Waals surface area contributed by atoms with Gasteiger partial charge in [-0.3, -0.25) is 0 Å². The molecule has 0 unspecified atom stereocenters. The van der Waals surface area contributed by atoms with E-state index in [4.69, 9.17) is 14.4 Å². The lowest BCUT2D eigenvalue weighted by atomic mass is 10.0. The number of benzene rings is 5. The first kappa shape index (κ1) is 20.4. The number of aromatic nitrogens is 2. The van der Waals surface area contributed by atoms with E-state index >= 15 is 0 Å². The molecule has 4 nitrogen and oxygen atoms in total. The molecule has 0 aliphatic heterocycles. The summed E-state index contributed by atoms with van der Waals surface area (Å²) in [4.78, 5) is 13.2. The second-order valence-electron chi connectivity index (χ2n) is 8.79. The van der Waals surface area contributed by atoms with Crippen molar-refractivity contribution in [2.75, 3.05) is 0 Å². The van der Waals surface area contributed by atoms with Crippen LogP contribution in [0.5, 0.6) is 0 Å². The van der Waals surface area contributed by atoms with Crippen LogP contribution in [0.1, 0.15) is 0 Å². The molecular formula is C32H21N3O. The Kier molecular flexibility index (Phi) is 4.74. The molecule has 0 saturated heterocycles. The van der Waals surface area contributed by atoms with E-state index in [1.54, 1.807) is 0 Å². The smallest absolute Gasteiger partial charge is 0.230 e. The lowest BCUT2D eigenvalue weighted by Crippen LogP contribution is -2.06. The van der Waals surface area contributed by atoms with Crippen molar-refractivity contribution in [2.45, 2.75) is 0 Å². The third kappa shape index (κ3) is 3.56. The van der Waals surface area contributed by atoms with Crippen molar-refractivity contribution in [1.82, 2.24) is 9.97 Å². The highest BCUT2D eigenvalue weighted by Gasteiger charge is 2.13. The van der Waals surface area contributed by atoms with Crippen molar-refractivity contribution in [3.63, 3.8) is 0 Å². The summed E-state index contributed by atoms with van der Waals surface area (Å²) >= 11 is 0. The Balaban J connectivity index is 1.45. The van der Waals surface area contributed by atoms with Crippen molar-refractivity contribution >= 4 is 38.5 Å². The van der Waals surface area contributed by atoms with E-state index in [1.807, 2.05) is 66.7 Å². The summed E-state index contributed by atoms with van der Waals surface area (Å²) in [7, 11) is 0. The Morgan fingerprint density at radius 1 is 0.639 bits per heavy atom. The predicted octanol–water partition coefficient (Wildman–Crippen LogP) is 8.03. The maximum atomic E-state index is 6.44. The van der Waals surface area contributed by atoms with E-state index in [0.29, 0.717) is 5.55 Å². The highest BCUT2D eigenvalue weighted by atomic mass is 16.3. The lowest BCUT2D eigenvalue weighted by molar-refractivity contribution is 0.547. The quantitative estimate of drug-likeness (QED) is 0.270. The lowest BCUT2D eigenvalue weighted by Gasteiger charge is -2.07. The van der Waals surface area contributed by atoms with Crippen molar-refractivity contribution in [2.24, 2.45) is 4.99 Å². The molecule has 5 aromatic carbocycles. The number of fused-ring (bicyclic) bond motifs is 4. The molecule has 0 aliphatic carbocycles. The van der Waals surface area contributed by atoms with Crippen LogP contribution in [0, 0.1) is 0 Å². The van der Waals surface area contributed by atoms with Gasteiger partial charge in [0.15, 0.2) is 0 Å². The highest BCUT2D eigenvalue weighted by molar-refractivity contribution is 6.06. The topological polar surface area (TPSA) is 54.2 Å². The van der Waals surface area contributed by atoms with Gasteiger partial charge >= 0.3 is 0 Å². The summed E-state index contributed by atoms with van der Waals surface area (Å²) in [5.74, 6) is 0.731. The normalized spacial score (nSPS) is 12.1. The predicted molar refractivity (Wildman–Crippen MR) is 146 cm³/mol. The molecule has 7 aromatic rings. The zero-order valence-corrected chi connectivity index (χ0v) is 19.3. The fraction of sp³-hybridized carbons (Fsp3) is 0. The highest BCUT2D eigenvalue weighted by Crippen LogP contribution is 2.29. The summed E-state index contributed by atoms with van der Waals surface area (Å²) < 4.78 is 6.44. The average Bonchev–Trinajstić information content (AvgIpc) is 3.38. The monoisotopic (exact) mass is 463 g/mol. The number of rotatable bonds is 3. The summed E-state index contributed by atoms with van der Waals surface area (Å²) in [6, 6.07) is 41.1. The molecule has 36 heavy (non-hydrogen) atoms. The van der Waals surface area contributed by atoms with Gasteiger partial charge in [-0.05, 0) is 58.3 Å². The van der Waals surface area contributed by atoms with Gasteiger partial charge in [0.1, 0.15) is 11.4 Å². The van der Waals surface area contributed by atoms with Gasteiger partial charge in [0.25, 0.3) is 0 Å². The summed E-state index contributed by atoms with van der Waals surface area (Å²) in [5, 5.41) is 3.33. The van der Waals surface area contributed by atoms with Crippen LogP contribution >= 0.6 is 0 Å². The Morgan fingerprint density at radius 2 is 1.39 bits per heavy atom. The van der Waals surface area contributed by atoms with Crippen molar-refractivity contribution in [3.05, 3.63) is 127 Å². The van der Waals surface area contributed by atoms with E-state index in [2.05, 4.69) is 59.6 Å². The van der Waals surface area contributed by atoms with Crippen LogP contribution in [0.25, 0.3) is 55.3 Å². The number of H-pyrrole nitrogens is 1. The molecule has 0 bridgehead atoms. The minimum absolute atomic E-state index is 0.518. The van der Waals surface area contributed by atoms with Gasteiger partial charge in [0.05, 0.1) is 22.3 Å². The molecular weight excluding hydrogens is 442 g/mol. The van der Waals surface area contributed by atoms with Crippen LogP contribution < -0.4 is 5.55 Å². The SMILES string of the molecule is c1ccc(-c2ccc(N=c3oc4ccc5ccccc5c4cc3-c3nc4ccccc4[nH]3)cc2)cc1. The number of nitrogens with zero attached hydrogens (tertiary/aromatic N) is 2. The summed E-state index contributed by atoms with van der Waals surface area (Å²) in [5.41, 5.74) is 7.14. The number of hydrogen-bond acceptors (Lipinski definition) is 3. The van der Waals surface area contributed by atoms with Crippen LogP contribution in [-0.4, -0.2) is 9.97 Å². The maximum absolute atomic E-state index is 6.44. The van der Waals surface area contributed by atoms with Crippen LogP contribution in [0.3, 0.4) is 0 Å². The van der Waals surface area contributed by atoms with Gasteiger partial charge in [-0.1, -0.05) is 84.9 Å². The van der Waals surface area contributed by atoms with E-state index in [0.717, 1.165) is 55.4 Å². The molecule has 1 N–H and O–H groups in total. The Labute approximate surface area is 207 Å². The largest absolute Gasteiger partial charge is 0.438 e. The molecule has 7 rings (SSSR count). The molecule has 2 aromatic heterocycles. The summed E-state index contributed by atoms with van der Waals surface area (Å²) in [6.07, 6.45) is 0. The van der Waals surface area contributed by atoms with Gasteiger partial charge in [0, 0.05) is 5.39 Å². The molecule has 0 fully saturated rings. The second kappa shape index (κ2) is 8.36. The second-order valence-corrected chi connectivity index (χ2v) is 8.79. The van der Waals surface area contributed by atoms with Crippen LogP contribution in [0.2, 0.25) is 0 Å². The molecule has 0 saturated carbocycles. The summed E-state index contributed by atoms with van der Waals surface area (Å²) in [6.45, 7) is 0.